The standard InChI is InChI=1S/C19H21N3O3S/c1-3-4-5-18-20-21-19(25-18)15-8-10-16(11-9-15)22-26(23,24)17-12-6-14(2)7-13-17/h6-13,22H,3-5H2,1-2H3. The number of nitrogens with zero attached hydrogens (tertiary/aromatic N) is 2. The van der Waals surface area contributed by atoms with Gasteiger partial charge in [-0.1, -0.05) is 31.0 Å². The summed E-state index contributed by atoms with van der Waals surface area (Å²) in [6.07, 6.45) is 2.83. The molecule has 26 heavy (non-hydrogen) atoms. The number of sulfonamides is 1. The summed E-state index contributed by atoms with van der Waals surface area (Å²) in [5, 5.41) is 8.07. The number of aromatic nitrogens is 2. The summed E-state index contributed by atoms with van der Waals surface area (Å²) < 4.78 is 33.0. The fourth-order valence-electron chi connectivity index (χ4n) is 2.41. The number of hydrogen-bond acceptors (Lipinski definition) is 5. The SMILES string of the molecule is CCCCc1nnc(-c2ccc(NS(=O)(=O)c3ccc(C)cc3)cc2)o1. The molecule has 0 aliphatic rings. The van der Waals surface area contributed by atoms with E-state index in [1.165, 1.54) is 0 Å². The third-order valence-corrected chi connectivity index (χ3v) is 5.32. The number of nitrogens with one attached hydrogen (secondary N) is 1. The van der Waals surface area contributed by atoms with Crippen molar-refractivity contribution in [2.24, 2.45) is 0 Å². The Balaban J connectivity index is 1.73. The normalized spacial score (nSPS) is 11.5. The maximum Gasteiger partial charge on any atom is 0.261 e. The van der Waals surface area contributed by atoms with Crippen LogP contribution < -0.4 is 4.72 Å². The highest BCUT2D eigenvalue weighted by atomic mass is 32.2. The first-order chi connectivity index (χ1) is 12.5. The maximum absolute atomic E-state index is 12.4. The molecule has 6 nitrogen and oxygen atoms in total. The van der Waals surface area contributed by atoms with Gasteiger partial charge in [-0.15, -0.1) is 10.2 Å². The first kappa shape index (κ1) is 18.1. The van der Waals surface area contributed by atoms with E-state index in [1.807, 2.05) is 6.92 Å². The highest BCUT2D eigenvalue weighted by Crippen LogP contribution is 2.22. The fourth-order valence-corrected chi connectivity index (χ4v) is 3.47. The van der Waals surface area contributed by atoms with Crippen molar-refractivity contribution < 1.29 is 12.8 Å². The molecule has 136 valence electrons. The summed E-state index contributed by atoms with van der Waals surface area (Å²) in [7, 11) is -3.62. The predicted octanol–water partition coefficient (Wildman–Crippen LogP) is 4.19. The van der Waals surface area contributed by atoms with Gasteiger partial charge in [0.25, 0.3) is 10.0 Å². The minimum absolute atomic E-state index is 0.227. The van der Waals surface area contributed by atoms with Crippen molar-refractivity contribution in [3.8, 4) is 11.5 Å². The fraction of sp³-hybridized carbons (Fsp3) is 0.263. The Kier molecular flexibility index (Phi) is 5.37. The van der Waals surface area contributed by atoms with Crippen molar-refractivity contribution in [2.45, 2.75) is 38.0 Å². The molecule has 3 aromatic rings. The minimum atomic E-state index is -3.62. The second kappa shape index (κ2) is 7.70. The van der Waals surface area contributed by atoms with Crippen molar-refractivity contribution in [3.63, 3.8) is 0 Å². The molecule has 3 rings (SSSR count). The number of anilines is 1. The van der Waals surface area contributed by atoms with E-state index in [9.17, 15) is 8.42 Å². The molecule has 0 amide bonds. The average molecular weight is 371 g/mol. The van der Waals surface area contributed by atoms with Crippen molar-refractivity contribution in [1.82, 2.24) is 10.2 Å². The first-order valence-corrected chi connectivity index (χ1v) is 9.98. The Bertz CT molecular complexity index is 962. The average Bonchev–Trinajstić information content (AvgIpc) is 3.09. The van der Waals surface area contributed by atoms with Gasteiger partial charge in [-0.25, -0.2) is 8.42 Å². The maximum atomic E-state index is 12.4. The van der Waals surface area contributed by atoms with Gasteiger partial charge in [-0.05, 0) is 49.7 Å². The van der Waals surface area contributed by atoms with Crippen molar-refractivity contribution >= 4 is 15.7 Å². The van der Waals surface area contributed by atoms with Gasteiger partial charge in [-0.3, -0.25) is 4.72 Å². The number of aryl methyl sites for hydroxylation is 2. The zero-order chi connectivity index (χ0) is 18.6. The van der Waals surface area contributed by atoms with Crippen LogP contribution in [0.1, 0.15) is 31.2 Å². The van der Waals surface area contributed by atoms with Gasteiger partial charge < -0.3 is 4.42 Å². The summed E-state index contributed by atoms with van der Waals surface area (Å²) in [4.78, 5) is 0.227. The molecular formula is C19H21N3O3S. The van der Waals surface area contributed by atoms with E-state index in [0.717, 1.165) is 30.4 Å². The van der Waals surface area contributed by atoms with Gasteiger partial charge in [0, 0.05) is 17.7 Å². The van der Waals surface area contributed by atoms with Crippen LogP contribution in [0.5, 0.6) is 0 Å². The molecule has 0 aliphatic carbocycles. The van der Waals surface area contributed by atoms with Gasteiger partial charge in [-0.2, -0.15) is 0 Å². The Morgan fingerprint density at radius 3 is 2.35 bits per heavy atom. The highest BCUT2D eigenvalue weighted by Gasteiger charge is 2.14. The summed E-state index contributed by atoms with van der Waals surface area (Å²) >= 11 is 0. The summed E-state index contributed by atoms with van der Waals surface area (Å²) in [6.45, 7) is 4.02. The lowest BCUT2D eigenvalue weighted by Crippen LogP contribution is -2.12. The van der Waals surface area contributed by atoms with Gasteiger partial charge in [0.05, 0.1) is 4.90 Å². The van der Waals surface area contributed by atoms with E-state index in [-0.39, 0.29) is 4.90 Å². The summed E-state index contributed by atoms with van der Waals surface area (Å²) in [5.41, 5.74) is 2.23. The summed E-state index contributed by atoms with van der Waals surface area (Å²) in [6, 6.07) is 13.6. The zero-order valence-corrected chi connectivity index (χ0v) is 15.6. The van der Waals surface area contributed by atoms with Gasteiger partial charge in [0.2, 0.25) is 11.8 Å². The van der Waals surface area contributed by atoms with E-state index in [2.05, 4.69) is 21.8 Å². The lowest BCUT2D eigenvalue weighted by atomic mass is 10.2. The minimum Gasteiger partial charge on any atom is -0.421 e. The molecule has 1 heterocycles. The van der Waals surface area contributed by atoms with Gasteiger partial charge in [0.15, 0.2) is 0 Å². The third kappa shape index (κ3) is 4.29. The Morgan fingerprint density at radius 2 is 1.69 bits per heavy atom. The molecule has 0 atom stereocenters. The molecular weight excluding hydrogens is 350 g/mol. The molecule has 0 aliphatic heterocycles. The molecule has 0 unspecified atom stereocenters. The molecule has 1 N–H and O–H groups in total. The first-order valence-electron chi connectivity index (χ1n) is 8.50. The van der Waals surface area contributed by atoms with Crippen LogP contribution in [0.4, 0.5) is 5.69 Å². The van der Waals surface area contributed by atoms with E-state index in [0.29, 0.717) is 17.5 Å². The largest absolute Gasteiger partial charge is 0.421 e. The van der Waals surface area contributed by atoms with Crippen molar-refractivity contribution in [3.05, 3.63) is 60.0 Å². The molecule has 7 heteroatoms. The van der Waals surface area contributed by atoms with Crippen molar-refractivity contribution in [2.75, 3.05) is 4.72 Å². The lowest BCUT2D eigenvalue weighted by Gasteiger charge is -2.08. The van der Waals surface area contributed by atoms with Crippen molar-refractivity contribution in [1.29, 1.82) is 0 Å². The van der Waals surface area contributed by atoms with Crippen LogP contribution in [0, 0.1) is 6.92 Å². The van der Waals surface area contributed by atoms with E-state index < -0.39 is 10.0 Å². The Hall–Kier alpha value is -2.67. The summed E-state index contributed by atoms with van der Waals surface area (Å²) in [5.74, 6) is 1.05. The Morgan fingerprint density at radius 1 is 1.00 bits per heavy atom. The van der Waals surface area contributed by atoms with E-state index in [1.54, 1.807) is 48.5 Å². The molecule has 0 spiro atoms. The topological polar surface area (TPSA) is 85.1 Å². The second-order valence-corrected chi connectivity index (χ2v) is 7.78. The number of unbranched alkanes of at least 4 members (excludes halogenated alkanes) is 1. The van der Waals surface area contributed by atoms with Crippen LogP contribution in [0.3, 0.4) is 0 Å². The van der Waals surface area contributed by atoms with Crippen LogP contribution in [0.25, 0.3) is 11.5 Å². The van der Waals surface area contributed by atoms with Crippen LogP contribution in [0.15, 0.2) is 57.8 Å². The number of benzene rings is 2. The Labute approximate surface area is 153 Å². The molecule has 0 saturated carbocycles. The van der Waals surface area contributed by atoms with Gasteiger partial charge >= 0.3 is 0 Å². The molecule has 0 saturated heterocycles. The van der Waals surface area contributed by atoms with Crippen LogP contribution in [0.2, 0.25) is 0 Å². The van der Waals surface area contributed by atoms with Crippen LogP contribution in [-0.4, -0.2) is 18.6 Å². The highest BCUT2D eigenvalue weighted by molar-refractivity contribution is 7.92. The molecule has 0 radical (unpaired) electrons. The van der Waals surface area contributed by atoms with E-state index in [4.69, 9.17) is 4.42 Å². The smallest absolute Gasteiger partial charge is 0.261 e. The van der Waals surface area contributed by atoms with Gasteiger partial charge in [0.1, 0.15) is 0 Å². The number of rotatable bonds is 7. The molecule has 2 aromatic carbocycles. The lowest BCUT2D eigenvalue weighted by molar-refractivity contribution is 0.496. The van der Waals surface area contributed by atoms with Crippen LogP contribution >= 0.6 is 0 Å². The zero-order valence-electron chi connectivity index (χ0n) is 14.8. The third-order valence-electron chi connectivity index (χ3n) is 3.93. The molecule has 0 bridgehead atoms. The van der Waals surface area contributed by atoms with E-state index >= 15 is 0 Å². The number of hydrogen-bond donors (Lipinski definition) is 1. The van der Waals surface area contributed by atoms with Crippen LogP contribution in [-0.2, 0) is 16.4 Å². The monoisotopic (exact) mass is 371 g/mol. The molecule has 0 fully saturated rings. The predicted molar refractivity (Wildman–Crippen MR) is 100 cm³/mol. The molecule has 1 aromatic heterocycles. The quantitative estimate of drug-likeness (QED) is 0.673. The second-order valence-electron chi connectivity index (χ2n) is 6.10.